The van der Waals surface area contributed by atoms with Gasteiger partial charge in [0.25, 0.3) is 0 Å². The molecule has 0 amide bonds. The first-order valence-corrected chi connectivity index (χ1v) is 12.6. The Morgan fingerprint density at radius 1 is 0.800 bits per heavy atom. The van der Waals surface area contributed by atoms with Gasteiger partial charge in [0.05, 0.1) is 23.3 Å². The van der Waals surface area contributed by atoms with E-state index < -0.39 is 0 Å². The molecule has 1 unspecified atom stereocenters. The van der Waals surface area contributed by atoms with Gasteiger partial charge in [-0.2, -0.15) is 0 Å². The van der Waals surface area contributed by atoms with E-state index >= 15 is 0 Å². The summed E-state index contributed by atoms with van der Waals surface area (Å²) in [6.07, 6.45) is 7.81. The second kappa shape index (κ2) is 11.6. The van der Waals surface area contributed by atoms with Gasteiger partial charge in [-0.15, -0.1) is 0 Å². The predicted octanol–water partition coefficient (Wildman–Crippen LogP) is 7.40. The van der Waals surface area contributed by atoms with Crippen LogP contribution < -0.4 is 0 Å². The number of rotatable bonds is 4. The minimum atomic E-state index is -0.0354. The zero-order chi connectivity index (χ0) is 22.3. The summed E-state index contributed by atoms with van der Waals surface area (Å²) in [5.41, 5.74) is 10.2. The van der Waals surface area contributed by atoms with Crippen molar-refractivity contribution < 1.29 is 13.1 Å². The second-order valence-electron chi connectivity index (χ2n) is 7.49. The van der Waals surface area contributed by atoms with Crippen LogP contribution in [0.2, 0.25) is 0 Å². The van der Waals surface area contributed by atoms with Crippen molar-refractivity contribution in [3.63, 3.8) is 0 Å². The number of hydrogen-bond donors (Lipinski definition) is 0. The molecule has 160 valence electrons. The van der Waals surface area contributed by atoms with Crippen LogP contribution >= 0.6 is 20.2 Å². The molecule has 1 aliphatic rings. The molecule has 0 fully saturated rings. The Bertz CT molecular complexity index is 977. The SMILES string of the molecule is Cc1cc(C)c(N=CC2=NC(C=Nc3c(C)cc(C)cc3C)C=C2)c(C)c1.[Cl][Fe][Cl]. The molecule has 0 saturated heterocycles. The van der Waals surface area contributed by atoms with Crippen LogP contribution in [0.25, 0.3) is 0 Å². The zero-order valence-electron chi connectivity index (χ0n) is 18.1. The normalized spacial score (nSPS) is 15.7. The van der Waals surface area contributed by atoms with E-state index in [1.54, 1.807) is 0 Å². The van der Waals surface area contributed by atoms with Gasteiger partial charge in [0.15, 0.2) is 0 Å². The van der Waals surface area contributed by atoms with Crippen LogP contribution in [0.15, 0.2) is 51.4 Å². The molecule has 1 aliphatic heterocycles. The first kappa shape index (κ1) is 24.6. The molecule has 1 atom stereocenters. The molecule has 2 aromatic carbocycles. The fourth-order valence-corrected chi connectivity index (χ4v) is 3.65. The van der Waals surface area contributed by atoms with E-state index in [9.17, 15) is 0 Å². The fraction of sp³-hybridized carbons (Fsp3) is 0.292. The van der Waals surface area contributed by atoms with Crippen LogP contribution in [-0.2, 0) is 13.1 Å². The standard InChI is InChI=1S/C24H27N3.2ClH.Fe/c1-15-9-17(3)23(18(4)10-15)25-13-21-7-8-22(27-21)14-26-24-19(5)11-16(2)12-20(24)6;;;/h7-14,21H,1-6H3;2*1H;/q;;;+2/p-2. The van der Waals surface area contributed by atoms with E-state index in [2.05, 4.69) is 81.9 Å². The van der Waals surface area contributed by atoms with Gasteiger partial charge < -0.3 is 0 Å². The third-order valence-electron chi connectivity index (χ3n) is 4.72. The number of halogens is 2. The van der Waals surface area contributed by atoms with E-state index in [0.29, 0.717) is 0 Å². The minimum absolute atomic E-state index is 0.0354. The van der Waals surface area contributed by atoms with E-state index in [1.807, 2.05) is 18.5 Å². The second-order valence-corrected chi connectivity index (χ2v) is 9.31. The van der Waals surface area contributed by atoms with Gasteiger partial charge in [-0.25, -0.2) is 0 Å². The van der Waals surface area contributed by atoms with Crippen molar-refractivity contribution in [2.45, 2.75) is 47.6 Å². The molecule has 3 nitrogen and oxygen atoms in total. The monoisotopic (exact) mass is 483 g/mol. The molecule has 0 aliphatic carbocycles. The molecule has 0 bridgehead atoms. The van der Waals surface area contributed by atoms with Crippen molar-refractivity contribution in [2.24, 2.45) is 15.0 Å². The first-order valence-electron chi connectivity index (χ1n) is 9.60. The zero-order valence-corrected chi connectivity index (χ0v) is 20.8. The Kier molecular flexibility index (Phi) is 9.51. The summed E-state index contributed by atoms with van der Waals surface area (Å²) in [5, 5.41) is 0. The van der Waals surface area contributed by atoms with Gasteiger partial charge in [0.1, 0.15) is 6.04 Å². The fourth-order valence-electron chi connectivity index (χ4n) is 3.65. The molecule has 1 heterocycles. The maximum absolute atomic E-state index is 4.76. The molecule has 0 saturated carbocycles. The van der Waals surface area contributed by atoms with Crippen LogP contribution in [0.5, 0.6) is 0 Å². The van der Waals surface area contributed by atoms with E-state index in [0.717, 1.165) is 17.1 Å². The van der Waals surface area contributed by atoms with Gasteiger partial charge in [0, 0.05) is 6.21 Å². The number of nitrogens with zero attached hydrogens (tertiary/aromatic N) is 3. The van der Waals surface area contributed by atoms with Crippen molar-refractivity contribution in [3.8, 4) is 0 Å². The number of benzene rings is 2. The predicted molar refractivity (Wildman–Crippen MR) is 130 cm³/mol. The summed E-state index contributed by atoms with van der Waals surface area (Å²) in [5.74, 6) is 0. The van der Waals surface area contributed by atoms with Crippen molar-refractivity contribution in [2.75, 3.05) is 0 Å². The van der Waals surface area contributed by atoms with Crippen molar-refractivity contribution in [1.29, 1.82) is 0 Å². The molecule has 0 radical (unpaired) electrons. The first-order chi connectivity index (χ1) is 14.2. The summed E-state index contributed by atoms with van der Waals surface area (Å²) < 4.78 is 0. The average Bonchev–Trinajstić information content (AvgIpc) is 3.08. The van der Waals surface area contributed by atoms with E-state index in [-0.39, 0.29) is 19.2 Å². The Morgan fingerprint density at radius 3 is 1.70 bits per heavy atom. The van der Waals surface area contributed by atoms with Gasteiger partial charge >= 0.3 is 33.3 Å². The Hall–Kier alpha value is -1.71. The molecular weight excluding hydrogens is 457 g/mol. The average molecular weight is 484 g/mol. The van der Waals surface area contributed by atoms with Crippen LogP contribution in [0, 0.1) is 41.5 Å². The van der Waals surface area contributed by atoms with Crippen molar-refractivity contribution >= 4 is 49.7 Å². The Morgan fingerprint density at radius 2 is 1.23 bits per heavy atom. The summed E-state index contributed by atoms with van der Waals surface area (Å²) >= 11 is 0.194. The molecule has 0 aromatic heterocycles. The summed E-state index contributed by atoms with van der Waals surface area (Å²) in [4.78, 5) is 14.0. The molecule has 0 N–H and O–H groups in total. The van der Waals surface area contributed by atoms with Gasteiger partial charge in [-0.1, -0.05) is 41.5 Å². The maximum atomic E-state index is 4.76. The summed E-state index contributed by atoms with van der Waals surface area (Å²) in [6.45, 7) is 12.6. The third-order valence-corrected chi connectivity index (χ3v) is 4.72. The van der Waals surface area contributed by atoms with Crippen molar-refractivity contribution in [1.82, 2.24) is 0 Å². The van der Waals surface area contributed by atoms with Crippen LogP contribution in [0.4, 0.5) is 11.4 Å². The van der Waals surface area contributed by atoms with Gasteiger partial charge in [-0.05, 0) is 69.9 Å². The number of hydrogen-bond acceptors (Lipinski definition) is 3. The van der Waals surface area contributed by atoms with Crippen LogP contribution in [0.3, 0.4) is 0 Å². The van der Waals surface area contributed by atoms with Gasteiger partial charge in [0.2, 0.25) is 0 Å². The Labute approximate surface area is 194 Å². The van der Waals surface area contributed by atoms with E-state index in [4.69, 9.17) is 25.2 Å². The Balaban J connectivity index is 0.00000101. The van der Waals surface area contributed by atoms with Gasteiger partial charge in [-0.3, -0.25) is 15.0 Å². The summed E-state index contributed by atoms with van der Waals surface area (Å²) in [7, 11) is 9.53. The van der Waals surface area contributed by atoms with Crippen LogP contribution in [0.1, 0.15) is 33.4 Å². The molecule has 2 aromatic rings. The van der Waals surface area contributed by atoms with E-state index in [1.165, 1.54) is 33.4 Å². The molecule has 0 spiro atoms. The quantitative estimate of drug-likeness (QED) is 0.321. The molecule has 6 heteroatoms. The topological polar surface area (TPSA) is 37.1 Å². The number of aryl methyl sites for hydroxylation is 6. The molecular formula is C24H27Cl2FeN3. The summed E-state index contributed by atoms with van der Waals surface area (Å²) in [6, 6.07) is 8.61. The third kappa shape index (κ3) is 6.92. The van der Waals surface area contributed by atoms with Crippen molar-refractivity contribution in [3.05, 3.63) is 69.8 Å². The molecule has 3 rings (SSSR count). The van der Waals surface area contributed by atoms with Crippen LogP contribution in [-0.4, -0.2) is 24.2 Å². The number of aliphatic imine (C=N–C) groups is 3. The molecule has 30 heavy (non-hydrogen) atoms. The number of allylic oxidation sites excluding steroid dienone is 1.